The molecule has 3 rings (SSSR count). The summed E-state index contributed by atoms with van der Waals surface area (Å²) in [6.45, 7) is 8.36. The Bertz CT molecular complexity index is 1110. The highest BCUT2D eigenvalue weighted by Crippen LogP contribution is 2.26. The smallest absolute Gasteiger partial charge is 0.262 e. The molecule has 1 aromatic heterocycles. The highest BCUT2D eigenvalue weighted by molar-refractivity contribution is 9.10. The van der Waals surface area contributed by atoms with Crippen LogP contribution >= 0.6 is 27.7 Å². The summed E-state index contributed by atoms with van der Waals surface area (Å²) in [4.78, 5) is 30.5. The molecular weight excluding hydrogens is 450 g/mol. The molecule has 29 heavy (non-hydrogen) atoms. The number of anilines is 1. The van der Waals surface area contributed by atoms with Gasteiger partial charge in [-0.25, -0.2) is 4.98 Å². The van der Waals surface area contributed by atoms with E-state index in [-0.39, 0.29) is 11.5 Å². The van der Waals surface area contributed by atoms with Gasteiger partial charge in [0.15, 0.2) is 5.16 Å². The second-order valence-corrected chi connectivity index (χ2v) is 9.25. The highest BCUT2D eigenvalue weighted by Gasteiger charge is 2.20. The number of rotatable bonds is 6. The van der Waals surface area contributed by atoms with Gasteiger partial charge in [0.2, 0.25) is 5.91 Å². The minimum Gasteiger partial charge on any atom is -0.325 e. The molecule has 1 N–H and O–H groups in total. The lowest BCUT2D eigenvalue weighted by molar-refractivity contribution is -0.115. The van der Waals surface area contributed by atoms with Crippen molar-refractivity contribution >= 4 is 50.2 Å². The van der Waals surface area contributed by atoms with Gasteiger partial charge in [0, 0.05) is 16.7 Å². The Labute approximate surface area is 183 Å². The first kappa shape index (κ1) is 21.6. The number of amides is 1. The first-order chi connectivity index (χ1) is 13.8. The number of hydrogen-bond donors (Lipinski definition) is 1. The molecule has 0 saturated heterocycles. The molecule has 0 bridgehead atoms. The third kappa shape index (κ3) is 4.73. The number of fused-ring (bicyclic) bond motifs is 1. The second kappa shape index (κ2) is 9.13. The van der Waals surface area contributed by atoms with E-state index >= 15 is 0 Å². The fourth-order valence-electron chi connectivity index (χ4n) is 3.13. The number of nitrogens with zero attached hydrogens (tertiary/aromatic N) is 2. The minimum atomic E-state index is -0.406. The Balaban J connectivity index is 1.92. The van der Waals surface area contributed by atoms with Crippen molar-refractivity contribution in [2.75, 3.05) is 5.32 Å². The summed E-state index contributed by atoms with van der Waals surface area (Å²) >= 11 is 4.73. The van der Waals surface area contributed by atoms with Crippen LogP contribution in [-0.4, -0.2) is 20.7 Å². The summed E-state index contributed by atoms with van der Waals surface area (Å²) in [5.41, 5.74) is 3.44. The largest absolute Gasteiger partial charge is 0.325 e. The standard InChI is InChI=1S/C22H24BrN3O2S/c1-5-11-26-21(28)17-12-16(23)9-10-18(17)24-22(26)29-15(4)20(27)25-19-13(2)7-6-8-14(19)3/h6-10,12,15H,5,11H2,1-4H3,(H,25,27). The summed E-state index contributed by atoms with van der Waals surface area (Å²) in [6, 6.07) is 11.4. The Hall–Kier alpha value is -2.12. The van der Waals surface area contributed by atoms with Crippen LogP contribution in [0.25, 0.3) is 10.9 Å². The molecule has 1 unspecified atom stereocenters. The molecule has 2 aromatic carbocycles. The fourth-order valence-corrected chi connectivity index (χ4v) is 4.43. The number of nitrogens with one attached hydrogen (secondary N) is 1. The highest BCUT2D eigenvalue weighted by atomic mass is 79.9. The average molecular weight is 474 g/mol. The predicted molar refractivity (Wildman–Crippen MR) is 124 cm³/mol. The van der Waals surface area contributed by atoms with Crippen LogP contribution in [0.15, 0.2) is 50.8 Å². The number of hydrogen-bond acceptors (Lipinski definition) is 4. The summed E-state index contributed by atoms with van der Waals surface area (Å²) in [5.74, 6) is -0.111. The number of para-hydroxylation sites is 1. The Morgan fingerprint density at radius 3 is 2.59 bits per heavy atom. The zero-order valence-corrected chi connectivity index (χ0v) is 19.4. The van der Waals surface area contributed by atoms with Crippen molar-refractivity contribution in [2.24, 2.45) is 0 Å². The maximum Gasteiger partial charge on any atom is 0.262 e. The van der Waals surface area contributed by atoms with Crippen molar-refractivity contribution in [3.8, 4) is 0 Å². The van der Waals surface area contributed by atoms with Crippen LogP contribution in [0.5, 0.6) is 0 Å². The van der Waals surface area contributed by atoms with Crippen LogP contribution in [0.1, 0.15) is 31.4 Å². The van der Waals surface area contributed by atoms with E-state index in [9.17, 15) is 9.59 Å². The zero-order valence-electron chi connectivity index (χ0n) is 17.0. The lowest BCUT2D eigenvalue weighted by atomic mass is 10.1. The molecule has 1 heterocycles. The lowest BCUT2D eigenvalue weighted by Gasteiger charge is -2.17. The SMILES string of the molecule is CCCn1c(SC(C)C(=O)Nc2c(C)cccc2C)nc2ccc(Br)cc2c1=O. The van der Waals surface area contributed by atoms with Crippen LogP contribution in [0, 0.1) is 13.8 Å². The molecule has 152 valence electrons. The molecule has 1 amide bonds. The van der Waals surface area contributed by atoms with Crippen molar-refractivity contribution in [3.63, 3.8) is 0 Å². The Morgan fingerprint density at radius 2 is 1.93 bits per heavy atom. The number of aryl methyl sites for hydroxylation is 2. The van der Waals surface area contributed by atoms with Crippen LogP contribution in [0.3, 0.4) is 0 Å². The summed E-state index contributed by atoms with van der Waals surface area (Å²) < 4.78 is 2.51. The number of thioether (sulfide) groups is 1. The summed E-state index contributed by atoms with van der Waals surface area (Å²) in [6.07, 6.45) is 0.803. The van der Waals surface area contributed by atoms with Gasteiger partial charge in [0.1, 0.15) is 0 Å². The molecule has 0 saturated carbocycles. The van der Waals surface area contributed by atoms with E-state index in [1.54, 1.807) is 10.6 Å². The van der Waals surface area contributed by atoms with Crippen LogP contribution in [0.2, 0.25) is 0 Å². The molecule has 3 aromatic rings. The quantitative estimate of drug-likeness (QED) is 0.389. The number of carbonyl (C=O) groups is 1. The van der Waals surface area contributed by atoms with Gasteiger partial charge in [-0.2, -0.15) is 0 Å². The summed E-state index contributed by atoms with van der Waals surface area (Å²) in [7, 11) is 0. The van der Waals surface area contributed by atoms with Gasteiger partial charge in [-0.15, -0.1) is 0 Å². The molecule has 1 atom stereocenters. The molecule has 0 aliphatic heterocycles. The van der Waals surface area contributed by atoms with Crippen molar-refractivity contribution in [1.29, 1.82) is 0 Å². The first-order valence-electron chi connectivity index (χ1n) is 9.55. The Morgan fingerprint density at radius 1 is 1.24 bits per heavy atom. The predicted octanol–water partition coefficient (Wildman–Crippen LogP) is 5.31. The molecule has 5 nitrogen and oxygen atoms in total. The normalized spacial score (nSPS) is 12.2. The van der Waals surface area contributed by atoms with Gasteiger partial charge in [-0.1, -0.05) is 52.8 Å². The molecule has 0 fully saturated rings. The molecule has 0 radical (unpaired) electrons. The number of halogens is 1. The van der Waals surface area contributed by atoms with E-state index in [1.165, 1.54) is 11.8 Å². The maximum atomic E-state index is 13.0. The minimum absolute atomic E-state index is 0.0805. The molecule has 7 heteroatoms. The Kier molecular flexibility index (Phi) is 6.80. The maximum absolute atomic E-state index is 13.0. The third-order valence-electron chi connectivity index (χ3n) is 4.71. The number of aromatic nitrogens is 2. The van der Waals surface area contributed by atoms with Gasteiger partial charge in [0.05, 0.1) is 16.2 Å². The summed E-state index contributed by atoms with van der Waals surface area (Å²) in [5, 5.41) is 3.76. The van der Waals surface area contributed by atoms with Gasteiger partial charge in [0.25, 0.3) is 5.56 Å². The number of benzene rings is 2. The van der Waals surface area contributed by atoms with E-state index in [2.05, 4.69) is 26.2 Å². The van der Waals surface area contributed by atoms with E-state index < -0.39 is 5.25 Å². The first-order valence-corrected chi connectivity index (χ1v) is 11.2. The van der Waals surface area contributed by atoms with Gasteiger partial charge < -0.3 is 5.32 Å². The molecular formula is C22H24BrN3O2S. The third-order valence-corrected chi connectivity index (χ3v) is 6.29. The van der Waals surface area contributed by atoms with Crippen LogP contribution < -0.4 is 10.9 Å². The molecule has 0 aliphatic rings. The average Bonchev–Trinajstić information content (AvgIpc) is 2.68. The van der Waals surface area contributed by atoms with Crippen molar-refractivity contribution in [3.05, 3.63) is 62.4 Å². The fraction of sp³-hybridized carbons (Fsp3) is 0.318. The lowest BCUT2D eigenvalue weighted by Crippen LogP contribution is -2.27. The van der Waals surface area contributed by atoms with Crippen LogP contribution in [-0.2, 0) is 11.3 Å². The van der Waals surface area contributed by atoms with E-state index in [0.29, 0.717) is 22.6 Å². The molecule has 0 aliphatic carbocycles. The monoisotopic (exact) mass is 473 g/mol. The van der Waals surface area contributed by atoms with Crippen molar-refractivity contribution < 1.29 is 4.79 Å². The van der Waals surface area contributed by atoms with Gasteiger partial charge in [-0.05, 0) is 56.5 Å². The molecule has 0 spiro atoms. The van der Waals surface area contributed by atoms with Crippen molar-refractivity contribution in [1.82, 2.24) is 9.55 Å². The van der Waals surface area contributed by atoms with Crippen molar-refractivity contribution in [2.45, 2.75) is 51.1 Å². The van der Waals surface area contributed by atoms with Gasteiger partial charge >= 0.3 is 0 Å². The van der Waals surface area contributed by atoms with Crippen LogP contribution in [0.4, 0.5) is 5.69 Å². The van der Waals surface area contributed by atoms with E-state index in [1.807, 2.05) is 58.0 Å². The van der Waals surface area contributed by atoms with E-state index in [4.69, 9.17) is 0 Å². The van der Waals surface area contributed by atoms with E-state index in [0.717, 1.165) is 27.7 Å². The topological polar surface area (TPSA) is 64.0 Å². The number of carbonyl (C=O) groups excluding carboxylic acids is 1. The van der Waals surface area contributed by atoms with Gasteiger partial charge in [-0.3, -0.25) is 14.2 Å². The second-order valence-electron chi connectivity index (χ2n) is 7.03. The zero-order chi connectivity index (χ0) is 21.1.